The van der Waals surface area contributed by atoms with Gasteiger partial charge in [-0.2, -0.15) is 0 Å². The van der Waals surface area contributed by atoms with Gasteiger partial charge in [-0.3, -0.25) is 0 Å². The zero-order valence-corrected chi connectivity index (χ0v) is 11.0. The van der Waals surface area contributed by atoms with E-state index < -0.39 is 0 Å². The molecule has 0 aromatic carbocycles. The fraction of sp³-hybridized carbons (Fsp3) is 0.750. The van der Waals surface area contributed by atoms with E-state index in [-0.39, 0.29) is 0 Å². The molecule has 1 fully saturated rings. The Morgan fingerprint density at radius 1 is 1.62 bits per heavy atom. The van der Waals surface area contributed by atoms with Crippen LogP contribution in [-0.2, 0) is 6.54 Å². The van der Waals surface area contributed by atoms with Crippen LogP contribution in [0.2, 0.25) is 0 Å². The highest BCUT2D eigenvalue weighted by Gasteiger charge is 2.23. The van der Waals surface area contributed by atoms with Crippen molar-refractivity contribution in [1.29, 1.82) is 0 Å². The molecule has 90 valence electrons. The molecule has 2 heterocycles. The molecule has 1 aliphatic heterocycles. The summed E-state index contributed by atoms with van der Waals surface area (Å²) in [5.74, 6) is 0.890. The van der Waals surface area contributed by atoms with E-state index in [4.69, 9.17) is 0 Å². The van der Waals surface area contributed by atoms with Gasteiger partial charge in [-0.15, -0.1) is 11.3 Å². The lowest BCUT2D eigenvalue weighted by atomic mass is 10.0. The number of thiazole rings is 1. The Hall–Kier alpha value is -0.610. The number of hydrogen-bond acceptors (Lipinski definition) is 4. The number of nitrogens with one attached hydrogen (secondary N) is 1. The minimum atomic E-state index is 0.890. The number of nitrogens with zero attached hydrogens (tertiary/aromatic N) is 2. The Morgan fingerprint density at radius 3 is 3.25 bits per heavy atom. The van der Waals surface area contributed by atoms with Gasteiger partial charge < -0.3 is 10.2 Å². The molecule has 1 unspecified atom stereocenters. The quantitative estimate of drug-likeness (QED) is 0.855. The van der Waals surface area contributed by atoms with Crippen molar-refractivity contribution in [3.8, 4) is 0 Å². The molecule has 1 atom stereocenters. The van der Waals surface area contributed by atoms with Crippen LogP contribution in [0.5, 0.6) is 0 Å². The number of aromatic nitrogens is 1. The predicted molar refractivity (Wildman–Crippen MR) is 70.1 cm³/mol. The van der Waals surface area contributed by atoms with Crippen LogP contribution in [0, 0.1) is 5.92 Å². The van der Waals surface area contributed by atoms with Crippen LogP contribution in [0.15, 0.2) is 6.20 Å². The smallest absolute Gasteiger partial charge is 0.185 e. The monoisotopic (exact) mass is 239 g/mol. The lowest BCUT2D eigenvalue weighted by Gasteiger charge is -2.14. The second-order valence-corrected chi connectivity index (χ2v) is 5.62. The van der Waals surface area contributed by atoms with E-state index in [1.165, 1.54) is 42.4 Å². The minimum absolute atomic E-state index is 0.890. The van der Waals surface area contributed by atoms with Gasteiger partial charge in [0.15, 0.2) is 5.13 Å². The first-order valence-corrected chi connectivity index (χ1v) is 6.99. The highest BCUT2D eigenvalue weighted by molar-refractivity contribution is 7.15. The van der Waals surface area contributed by atoms with Crippen LogP contribution in [0.25, 0.3) is 0 Å². The average Bonchev–Trinajstić information content (AvgIpc) is 2.87. The zero-order valence-electron chi connectivity index (χ0n) is 10.2. The van der Waals surface area contributed by atoms with Crippen molar-refractivity contribution < 1.29 is 0 Å². The summed E-state index contributed by atoms with van der Waals surface area (Å²) in [4.78, 5) is 8.29. The summed E-state index contributed by atoms with van der Waals surface area (Å²) in [5, 5.41) is 4.38. The molecule has 1 saturated heterocycles. The molecule has 0 amide bonds. The SMILES string of the molecule is CCCC1CCN(c2ncc(CNC)s2)C1. The third-order valence-corrected chi connectivity index (χ3v) is 4.20. The van der Waals surface area contributed by atoms with E-state index >= 15 is 0 Å². The normalized spacial score (nSPS) is 20.6. The van der Waals surface area contributed by atoms with E-state index in [2.05, 4.69) is 22.1 Å². The minimum Gasteiger partial charge on any atom is -0.348 e. The molecular formula is C12H21N3S. The summed E-state index contributed by atoms with van der Waals surface area (Å²) < 4.78 is 0. The maximum absolute atomic E-state index is 4.52. The highest BCUT2D eigenvalue weighted by atomic mass is 32.1. The van der Waals surface area contributed by atoms with E-state index in [1.807, 2.05) is 24.6 Å². The number of hydrogen-bond donors (Lipinski definition) is 1. The van der Waals surface area contributed by atoms with Crippen molar-refractivity contribution in [3.05, 3.63) is 11.1 Å². The Kier molecular flexibility index (Phi) is 4.18. The summed E-state index contributed by atoms with van der Waals surface area (Å²) >= 11 is 1.83. The second-order valence-electron chi connectivity index (χ2n) is 4.53. The summed E-state index contributed by atoms with van der Waals surface area (Å²) in [6, 6.07) is 0. The molecule has 0 aliphatic carbocycles. The van der Waals surface area contributed by atoms with Crippen LogP contribution in [0.3, 0.4) is 0 Å². The molecule has 1 aromatic rings. The first kappa shape index (κ1) is 11.9. The fourth-order valence-electron chi connectivity index (χ4n) is 2.35. The highest BCUT2D eigenvalue weighted by Crippen LogP contribution is 2.29. The fourth-order valence-corrected chi connectivity index (χ4v) is 3.31. The van der Waals surface area contributed by atoms with Gasteiger partial charge in [0.2, 0.25) is 0 Å². The summed E-state index contributed by atoms with van der Waals surface area (Å²) in [6.07, 6.45) is 6.02. The van der Waals surface area contributed by atoms with Crippen LogP contribution >= 0.6 is 11.3 Å². The molecule has 4 heteroatoms. The molecule has 1 aliphatic rings. The maximum Gasteiger partial charge on any atom is 0.185 e. The van der Waals surface area contributed by atoms with Crippen molar-refractivity contribution in [2.75, 3.05) is 25.0 Å². The maximum atomic E-state index is 4.52. The Bertz CT molecular complexity index is 324. The Balaban J connectivity index is 1.92. The predicted octanol–water partition coefficient (Wildman–Crippen LogP) is 2.49. The topological polar surface area (TPSA) is 28.2 Å². The van der Waals surface area contributed by atoms with Crippen LogP contribution < -0.4 is 10.2 Å². The lowest BCUT2D eigenvalue weighted by molar-refractivity contribution is 0.530. The molecule has 1 N–H and O–H groups in total. The van der Waals surface area contributed by atoms with Gasteiger partial charge in [0, 0.05) is 30.7 Å². The third-order valence-electron chi connectivity index (χ3n) is 3.15. The number of rotatable bonds is 5. The van der Waals surface area contributed by atoms with Gasteiger partial charge in [-0.1, -0.05) is 13.3 Å². The molecule has 2 rings (SSSR count). The molecule has 0 spiro atoms. The van der Waals surface area contributed by atoms with E-state index in [9.17, 15) is 0 Å². The van der Waals surface area contributed by atoms with Gasteiger partial charge in [0.1, 0.15) is 0 Å². The molecule has 1 aromatic heterocycles. The summed E-state index contributed by atoms with van der Waals surface area (Å²) in [6.45, 7) is 5.61. The van der Waals surface area contributed by atoms with E-state index in [1.54, 1.807) is 0 Å². The van der Waals surface area contributed by atoms with Crippen molar-refractivity contribution >= 4 is 16.5 Å². The largest absolute Gasteiger partial charge is 0.348 e. The molecular weight excluding hydrogens is 218 g/mol. The molecule has 0 radical (unpaired) electrons. The van der Waals surface area contributed by atoms with Gasteiger partial charge >= 0.3 is 0 Å². The Morgan fingerprint density at radius 2 is 2.50 bits per heavy atom. The zero-order chi connectivity index (χ0) is 11.4. The average molecular weight is 239 g/mol. The van der Waals surface area contributed by atoms with Crippen molar-refractivity contribution in [2.45, 2.75) is 32.7 Å². The molecule has 16 heavy (non-hydrogen) atoms. The van der Waals surface area contributed by atoms with Crippen LogP contribution in [-0.4, -0.2) is 25.1 Å². The first-order valence-electron chi connectivity index (χ1n) is 6.17. The standard InChI is InChI=1S/C12H21N3S/c1-3-4-10-5-6-15(9-10)12-14-8-11(16-12)7-13-2/h8,10,13H,3-7,9H2,1-2H3. The summed E-state index contributed by atoms with van der Waals surface area (Å²) in [7, 11) is 1.98. The van der Waals surface area contributed by atoms with E-state index in [0.29, 0.717) is 0 Å². The van der Waals surface area contributed by atoms with Crippen molar-refractivity contribution in [1.82, 2.24) is 10.3 Å². The molecule has 3 nitrogen and oxygen atoms in total. The third kappa shape index (κ3) is 2.74. The second kappa shape index (κ2) is 5.64. The van der Waals surface area contributed by atoms with Gasteiger partial charge in [-0.25, -0.2) is 4.98 Å². The van der Waals surface area contributed by atoms with Crippen molar-refractivity contribution in [3.63, 3.8) is 0 Å². The number of anilines is 1. The van der Waals surface area contributed by atoms with E-state index in [0.717, 1.165) is 12.5 Å². The van der Waals surface area contributed by atoms with Crippen LogP contribution in [0.1, 0.15) is 31.1 Å². The van der Waals surface area contributed by atoms with Gasteiger partial charge in [0.25, 0.3) is 0 Å². The Labute approximate surface area is 102 Å². The molecule has 0 bridgehead atoms. The first-order chi connectivity index (χ1) is 7.83. The van der Waals surface area contributed by atoms with Crippen LogP contribution in [0.4, 0.5) is 5.13 Å². The van der Waals surface area contributed by atoms with Gasteiger partial charge in [-0.05, 0) is 25.8 Å². The lowest BCUT2D eigenvalue weighted by Crippen LogP contribution is -2.19. The van der Waals surface area contributed by atoms with Crippen molar-refractivity contribution in [2.24, 2.45) is 5.92 Å². The van der Waals surface area contributed by atoms with Gasteiger partial charge in [0.05, 0.1) is 0 Å². The molecule has 0 saturated carbocycles. The summed E-state index contributed by atoms with van der Waals surface area (Å²) in [5.41, 5.74) is 0.